The van der Waals surface area contributed by atoms with Crippen molar-refractivity contribution in [2.75, 3.05) is 0 Å². The van der Waals surface area contributed by atoms with E-state index in [0.717, 1.165) is 28.8 Å². The normalized spacial score (nSPS) is 21.3. The van der Waals surface area contributed by atoms with Crippen molar-refractivity contribution in [3.8, 4) is 6.07 Å². The smallest absolute Gasteiger partial charge is 0.124 e. The summed E-state index contributed by atoms with van der Waals surface area (Å²) < 4.78 is 8.44. The van der Waals surface area contributed by atoms with Crippen molar-refractivity contribution in [1.29, 1.82) is 5.26 Å². The van der Waals surface area contributed by atoms with Gasteiger partial charge in [-0.05, 0) is 23.1 Å². The Kier molecular flexibility index (Phi) is 6.16. The Morgan fingerprint density at radius 1 is 1.13 bits per heavy atom. The maximum atomic E-state index is 10.1. The van der Waals surface area contributed by atoms with Gasteiger partial charge in [-0.25, -0.2) is 4.98 Å². The number of rotatable bonds is 7. The molecule has 0 radical (unpaired) electrons. The second kappa shape index (κ2) is 9.16. The first kappa shape index (κ1) is 20.8. The predicted octanol–water partition coefficient (Wildman–Crippen LogP) is 5.88. The van der Waals surface area contributed by atoms with Crippen LogP contribution < -0.4 is 0 Å². The fraction of sp³-hybridized carbons (Fsp3) is 0.259. The van der Waals surface area contributed by atoms with Gasteiger partial charge in [-0.3, -0.25) is 0 Å². The Hall–Kier alpha value is -3.42. The van der Waals surface area contributed by atoms with Crippen LogP contribution >= 0.6 is 0 Å². The third-order valence-corrected chi connectivity index (χ3v) is 6.12. The van der Waals surface area contributed by atoms with E-state index < -0.39 is 5.41 Å². The lowest BCUT2D eigenvalue weighted by Crippen LogP contribution is -2.27. The fourth-order valence-electron chi connectivity index (χ4n) is 4.22. The van der Waals surface area contributed by atoms with Gasteiger partial charge in [0.25, 0.3) is 0 Å². The van der Waals surface area contributed by atoms with Crippen molar-refractivity contribution in [3.05, 3.63) is 114 Å². The number of hydrogen-bond acceptors (Lipinski definition) is 3. The molecule has 0 saturated heterocycles. The molecule has 1 aromatic heterocycles. The van der Waals surface area contributed by atoms with Gasteiger partial charge in [-0.2, -0.15) is 5.26 Å². The van der Waals surface area contributed by atoms with Crippen LogP contribution in [0, 0.1) is 16.7 Å². The molecule has 3 atom stereocenters. The van der Waals surface area contributed by atoms with Crippen LogP contribution in [0.15, 0.2) is 97.0 Å². The van der Waals surface area contributed by atoms with E-state index in [9.17, 15) is 5.26 Å². The van der Waals surface area contributed by atoms with Crippen LogP contribution in [0.3, 0.4) is 0 Å². The molecule has 0 N–H and O–H groups in total. The highest BCUT2D eigenvalue weighted by molar-refractivity contribution is 5.44. The van der Waals surface area contributed by atoms with Gasteiger partial charge < -0.3 is 9.30 Å². The quantitative estimate of drug-likeness (QED) is 0.490. The molecule has 0 bridgehead atoms. The van der Waals surface area contributed by atoms with E-state index in [-0.39, 0.29) is 12.0 Å². The molecule has 1 heterocycles. The molecule has 4 nitrogen and oxygen atoms in total. The second-order valence-corrected chi connectivity index (χ2v) is 8.00. The number of allylic oxidation sites excluding steroid dienone is 2. The van der Waals surface area contributed by atoms with Crippen LogP contribution in [0.1, 0.15) is 42.2 Å². The Balaban J connectivity index is 1.73. The fourth-order valence-corrected chi connectivity index (χ4v) is 4.22. The largest absolute Gasteiger partial charge is 0.363 e. The van der Waals surface area contributed by atoms with E-state index in [4.69, 9.17) is 4.74 Å². The van der Waals surface area contributed by atoms with E-state index in [1.54, 1.807) is 6.33 Å². The number of benzene rings is 2. The molecule has 3 aromatic rings. The lowest BCUT2D eigenvalue weighted by atomic mass is 9.67. The average Bonchev–Trinajstić information content (AvgIpc) is 3.26. The number of imidazole rings is 1. The average molecular weight is 410 g/mol. The van der Waals surface area contributed by atoms with Gasteiger partial charge in [0, 0.05) is 13.0 Å². The Morgan fingerprint density at radius 3 is 2.45 bits per heavy atom. The van der Waals surface area contributed by atoms with E-state index in [2.05, 4.69) is 60.5 Å². The van der Waals surface area contributed by atoms with E-state index in [1.165, 1.54) is 0 Å². The van der Waals surface area contributed by atoms with Crippen LogP contribution in [-0.2, 0) is 18.4 Å². The zero-order valence-corrected chi connectivity index (χ0v) is 18.0. The Bertz CT molecular complexity index is 1110. The molecular weight excluding hydrogens is 382 g/mol. The predicted molar refractivity (Wildman–Crippen MR) is 122 cm³/mol. The molecule has 0 amide bonds. The van der Waals surface area contributed by atoms with Crippen molar-refractivity contribution in [2.45, 2.75) is 32.0 Å². The highest BCUT2D eigenvalue weighted by atomic mass is 16.5. The standard InChI is InChI=1S/C27H27N3O/c1-3-27(19-28)15-14-23(16-24(27)22-12-8-5-9-13-22)26(25-17-29-20-30(25)2)31-18-21-10-6-4-7-11-21/h4-17,20,24,26H,3,18H2,1-2H3. The molecule has 4 rings (SSSR count). The highest BCUT2D eigenvalue weighted by Gasteiger charge is 2.38. The molecule has 2 aromatic carbocycles. The number of nitrogens with zero attached hydrogens (tertiary/aromatic N) is 3. The lowest BCUT2D eigenvalue weighted by molar-refractivity contribution is 0.0608. The number of aromatic nitrogens is 2. The third-order valence-electron chi connectivity index (χ3n) is 6.12. The summed E-state index contributed by atoms with van der Waals surface area (Å²) in [6.07, 6.45) is 10.5. The Labute approximate surface area is 184 Å². The molecule has 156 valence electrons. The zero-order valence-electron chi connectivity index (χ0n) is 18.0. The van der Waals surface area contributed by atoms with Gasteiger partial charge in [0.15, 0.2) is 0 Å². The SMILES string of the molecule is CCC1(C#N)C=CC(C(OCc2ccccc2)c2cncn2C)=CC1c1ccccc1. The monoisotopic (exact) mass is 409 g/mol. The van der Waals surface area contributed by atoms with Gasteiger partial charge >= 0.3 is 0 Å². The molecule has 31 heavy (non-hydrogen) atoms. The van der Waals surface area contributed by atoms with Gasteiger partial charge in [-0.15, -0.1) is 0 Å². The van der Waals surface area contributed by atoms with Crippen molar-refractivity contribution < 1.29 is 4.74 Å². The minimum absolute atomic E-state index is 0.0419. The van der Waals surface area contributed by atoms with Crippen LogP contribution in [0.4, 0.5) is 0 Å². The molecule has 0 aliphatic heterocycles. The molecule has 0 spiro atoms. The summed E-state index contributed by atoms with van der Waals surface area (Å²) in [5.41, 5.74) is 3.72. The highest BCUT2D eigenvalue weighted by Crippen LogP contribution is 2.46. The molecule has 0 saturated carbocycles. The summed E-state index contributed by atoms with van der Waals surface area (Å²) >= 11 is 0. The van der Waals surface area contributed by atoms with E-state index >= 15 is 0 Å². The summed E-state index contributed by atoms with van der Waals surface area (Å²) in [5, 5.41) is 10.1. The van der Waals surface area contributed by atoms with Crippen LogP contribution in [0.5, 0.6) is 0 Å². The number of aryl methyl sites for hydroxylation is 1. The first-order valence-electron chi connectivity index (χ1n) is 10.7. The second-order valence-electron chi connectivity index (χ2n) is 8.00. The summed E-state index contributed by atoms with van der Waals surface area (Å²) in [5.74, 6) is -0.0419. The van der Waals surface area contributed by atoms with E-state index in [1.807, 2.05) is 54.2 Å². The number of nitriles is 1. The number of ether oxygens (including phenoxy) is 1. The topological polar surface area (TPSA) is 50.8 Å². The molecule has 1 aliphatic carbocycles. The van der Waals surface area contributed by atoms with Crippen LogP contribution in [0.25, 0.3) is 0 Å². The van der Waals surface area contributed by atoms with Crippen LogP contribution in [-0.4, -0.2) is 9.55 Å². The first-order chi connectivity index (χ1) is 15.2. The molecule has 4 heteroatoms. The molecule has 1 aliphatic rings. The van der Waals surface area contributed by atoms with Crippen molar-refractivity contribution in [1.82, 2.24) is 9.55 Å². The summed E-state index contributed by atoms with van der Waals surface area (Å²) in [4.78, 5) is 4.31. The van der Waals surface area contributed by atoms with Crippen LogP contribution in [0.2, 0.25) is 0 Å². The van der Waals surface area contributed by atoms with Crippen molar-refractivity contribution in [3.63, 3.8) is 0 Å². The molecule has 0 fully saturated rings. The molecular formula is C27H27N3O. The van der Waals surface area contributed by atoms with Gasteiger partial charge in [0.05, 0.1) is 36.3 Å². The van der Waals surface area contributed by atoms with Gasteiger partial charge in [-0.1, -0.05) is 85.8 Å². The zero-order chi connectivity index (χ0) is 21.7. The van der Waals surface area contributed by atoms with E-state index in [0.29, 0.717) is 6.61 Å². The van der Waals surface area contributed by atoms with Gasteiger partial charge in [0.1, 0.15) is 6.10 Å². The number of hydrogen-bond donors (Lipinski definition) is 0. The van der Waals surface area contributed by atoms with Crippen molar-refractivity contribution >= 4 is 0 Å². The minimum atomic E-state index is -0.568. The summed E-state index contributed by atoms with van der Waals surface area (Å²) in [6, 6.07) is 23.0. The lowest BCUT2D eigenvalue weighted by Gasteiger charge is -2.35. The third kappa shape index (κ3) is 4.23. The van der Waals surface area contributed by atoms with Gasteiger partial charge in [0.2, 0.25) is 0 Å². The maximum Gasteiger partial charge on any atom is 0.124 e. The Morgan fingerprint density at radius 2 is 1.84 bits per heavy atom. The maximum absolute atomic E-state index is 10.1. The molecule has 3 unspecified atom stereocenters. The summed E-state index contributed by atoms with van der Waals surface area (Å²) in [6.45, 7) is 2.57. The first-order valence-corrected chi connectivity index (χ1v) is 10.7. The summed E-state index contributed by atoms with van der Waals surface area (Å²) in [7, 11) is 1.98. The van der Waals surface area contributed by atoms with Crippen molar-refractivity contribution in [2.24, 2.45) is 12.5 Å². The minimum Gasteiger partial charge on any atom is -0.363 e.